The maximum absolute atomic E-state index is 13.3. The monoisotopic (exact) mass is 236 g/mol. The third-order valence-electron chi connectivity index (χ3n) is 3.23. The fraction of sp³-hybridized carbons (Fsp3) is 0.462. The molecule has 0 aromatic heterocycles. The molecule has 1 aliphatic rings. The maximum atomic E-state index is 13.3. The van der Waals surface area contributed by atoms with Crippen molar-refractivity contribution in [3.63, 3.8) is 0 Å². The highest BCUT2D eigenvalue weighted by atomic mass is 19.1. The van der Waals surface area contributed by atoms with Crippen molar-refractivity contribution < 1.29 is 9.18 Å². The van der Waals surface area contributed by atoms with Gasteiger partial charge in [-0.05, 0) is 24.9 Å². The smallest absolute Gasteiger partial charge is 0.237 e. The summed E-state index contributed by atoms with van der Waals surface area (Å²) >= 11 is 0. The van der Waals surface area contributed by atoms with Gasteiger partial charge in [-0.3, -0.25) is 4.79 Å². The zero-order valence-corrected chi connectivity index (χ0v) is 9.87. The lowest BCUT2D eigenvalue weighted by molar-refractivity contribution is -0.123. The average Bonchev–Trinajstić information content (AvgIpc) is 2.74. The number of hydrogen-bond acceptors (Lipinski definition) is 2. The molecule has 1 aromatic rings. The number of rotatable bonds is 3. The van der Waals surface area contributed by atoms with Gasteiger partial charge >= 0.3 is 0 Å². The fourth-order valence-corrected chi connectivity index (χ4v) is 2.12. The van der Waals surface area contributed by atoms with Gasteiger partial charge in [0.05, 0.1) is 6.04 Å². The van der Waals surface area contributed by atoms with Crippen LogP contribution in [0.4, 0.5) is 4.39 Å². The van der Waals surface area contributed by atoms with E-state index in [1.807, 2.05) is 6.92 Å². The zero-order chi connectivity index (χ0) is 12.3. The summed E-state index contributed by atoms with van der Waals surface area (Å²) in [5, 5.41) is 5.92. The highest BCUT2D eigenvalue weighted by Crippen LogP contribution is 2.14. The van der Waals surface area contributed by atoms with Crippen LogP contribution in [0.25, 0.3) is 0 Å². The molecule has 0 saturated carbocycles. The molecular formula is C13H17FN2O. The number of amides is 1. The largest absolute Gasteiger partial charge is 0.351 e. The second kappa shape index (κ2) is 5.27. The molecular weight excluding hydrogens is 219 g/mol. The predicted molar refractivity (Wildman–Crippen MR) is 63.8 cm³/mol. The van der Waals surface area contributed by atoms with Crippen LogP contribution in [0.2, 0.25) is 0 Å². The number of carbonyl (C=O) groups is 1. The van der Waals surface area contributed by atoms with Crippen molar-refractivity contribution in [2.45, 2.75) is 25.9 Å². The van der Waals surface area contributed by atoms with Gasteiger partial charge in [-0.15, -0.1) is 0 Å². The van der Waals surface area contributed by atoms with Crippen molar-refractivity contribution >= 4 is 5.91 Å². The standard InChI is InChI=1S/C13H17FN2O/c1-9-6-7-15-12(9)13(17)16-8-10-4-2-3-5-11(10)14/h2-5,9,12,15H,6-8H2,1H3,(H,16,17). The third-order valence-corrected chi connectivity index (χ3v) is 3.23. The minimum Gasteiger partial charge on any atom is -0.351 e. The molecule has 1 aromatic carbocycles. The summed E-state index contributed by atoms with van der Waals surface area (Å²) in [5.41, 5.74) is 0.520. The van der Waals surface area contributed by atoms with Gasteiger partial charge < -0.3 is 10.6 Å². The van der Waals surface area contributed by atoms with Gasteiger partial charge in [-0.25, -0.2) is 4.39 Å². The second-order valence-corrected chi connectivity index (χ2v) is 4.51. The Bertz CT molecular complexity index is 408. The van der Waals surface area contributed by atoms with E-state index in [2.05, 4.69) is 10.6 Å². The first-order valence-electron chi connectivity index (χ1n) is 5.93. The van der Waals surface area contributed by atoms with Crippen LogP contribution in [0.15, 0.2) is 24.3 Å². The Morgan fingerprint density at radius 3 is 2.94 bits per heavy atom. The Balaban J connectivity index is 1.90. The highest BCUT2D eigenvalue weighted by Gasteiger charge is 2.28. The molecule has 2 atom stereocenters. The first-order valence-corrected chi connectivity index (χ1v) is 5.93. The van der Waals surface area contributed by atoms with Gasteiger partial charge in [0.25, 0.3) is 0 Å². The Morgan fingerprint density at radius 2 is 2.29 bits per heavy atom. The Labute approximate surface area is 100 Å². The third kappa shape index (κ3) is 2.82. The van der Waals surface area contributed by atoms with E-state index >= 15 is 0 Å². The lowest BCUT2D eigenvalue weighted by Crippen LogP contribution is -2.43. The number of benzene rings is 1. The number of halogens is 1. The molecule has 2 unspecified atom stereocenters. The Morgan fingerprint density at radius 1 is 1.53 bits per heavy atom. The highest BCUT2D eigenvalue weighted by molar-refractivity contribution is 5.82. The van der Waals surface area contributed by atoms with E-state index < -0.39 is 0 Å². The molecule has 2 N–H and O–H groups in total. The Hall–Kier alpha value is -1.42. The summed E-state index contributed by atoms with van der Waals surface area (Å²) in [6, 6.07) is 6.35. The molecule has 0 spiro atoms. The van der Waals surface area contributed by atoms with Crippen LogP contribution < -0.4 is 10.6 Å². The molecule has 1 amide bonds. The minimum absolute atomic E-state index is 0.0433. The molecule has 1 fully saturated rings. The summed E-state index contributed by atoms with van der Waals surface area (Å²) < 4.78 is 13.3. The number of hydrogen-bond donors (Lipinski definition) is 2. The summed E-state index contributed by atoms with van der Waals surface area (Å²) in [4.78, 5) is 11.8. The molecule has 2 rings (SSSR count). The SMILES string of the molecule is CC1CCNC1C(=O)NCc1ccccc1F. The summed E-state index contributed by atoms with van der Waals surface area (Å²) in [6.45, 7) is 3.17. The molecule has 0 bridgehead atoms. The quantitative estimate of drug-likeness (QED) is 0.833. The Kier molecular flexibility index (Phi) is 3.74. The summed E-state index contributed by atoms with van der Waals surface area (Å²) in [7, 11) is 0. The molecule has 1 heterocycles. The summed E-state index contributed by atoms with van der Waals surface area (Å²) in [5.74, 6) is 0.0223. The van der Waals surface area contributed by atoms with Crippen LogP contribution in [0.3, 0.4) is 0 Å². The molecule has 1 aliphatic heterocycles. The summed E-state index contributed by atoms with van der Waals surface area (Å²) in [6.07, 6.45) is 1.01. The lowest BCUT2D eigenvalue weighted by atomic mass is 10.0. The number of nitrogens with one attached hydrogen (secondary N) is 2. The van der Waals surface area contributed by atoms with Crippen molar-refractivity contribution in [2.75, 3.05) is 6.54 Å². The van der Waals surface area contributed by atoms with Crippen molar-refractivity contribution in [3.05, 3.63) is 35.6 Å². The van der Waals surface area contributed by atoms with E-state index in [1.165, 1.54) is 6.07 Å². The van der Waals surface area contributed by atoms with Crippen molar-refractivity contribution in [1.82, 2.24) is 10.6 Å². The predicted octanol–water partition coefficient (Wildman–Crippen LogP) is 1.44. The van der Waals surface area contributed by atoms with Crippen molar-refractivity contribution in [3.8, 4) is 0 Å². The van der Waals surface area contributed by atoms with E-state index in [0.717, 1.165) is 13.0 Å². The molecule has 17 heavy (non-hydrogen) atoms. The zero-order valence-electron chi connectivity index (χ0n) is 9.87. The van der Waals surface area contributed by atoms with Crippen LogP contribution in [-0.2, 0) is 11.3 Å². The fourth-order valence-electron chi connectivity index (χ4n) is 2.12. The topological polar surface area (TPSA) is 41.1 Å². The van der Waals surface area contributed by atoms with Crippen molar-refractivity contribution in [2.24, 2.45) is 5.92 Å². The molecule has 3 nitrogen and oxygen atoms in total. The molecule has 1 saturated heterocycles. The molecule has 4 heteroatoms. The van der Waals surface area contributed by atoms with Gasteiger partial charge in [0.15, 0.2) is 0 Å². The van der Waals surface area contributed by atoms with E-state index in [9.17, 15) is 9.18 Å². The molecule has 0 radical (unpaired) electrons. The van der Waals surface area contributed by atoms with E-state index in [4.69, 9.17) is 0 Å². The van der Waals surface area contributed by atoms with Gasteiger partial charge in [-0.2, -0.15) is 0 Å². The molecule has 92 valence electrons. The average molecular weight is 236 g/mol. The van der Waals surface area contributed by atoms with Gasteiger partial charge in [-0.1, -0.05) is 25.1 Å². The van der Waals surface area contributed by atoms with Gasteiger partial charge in [0.2, 0.25) is 5.91 Å². The minimum atomic E-state index is -0.278. The maximum Gasteiger partial charge on any atom is 0.237 e. The number of carbonyl (C=O) groups excluding carboxylic acids is 1. The first-order chi connectivity index (χ1) is 8.18. The van der Waals surface area contributed by atoms with Crippen LogP contribution in [0.1, 0.15) is 18.9 Å². The second-order valence-electron chi connectivity index (χ2n) is 4.51. The van der Waals surface area contributed by atoms with Crippen LogP contribution in [0.5, 0.6) is 0 Å². The lowest BCUT2D eigenvalue weighted by Gasteiger charge is -2.15. The van der Waals surface area contributed by atoms with Gasteiger partial charge in [0, 0.05) is 12.1 Å². The van der Waals surface area contributed by atoms with Gasteiger partial charge in [0.1, 0.15) is 5.82 Å². The molecule has 0 aliphatic carbocycles. The van der Waals surface area contributed by atoms with Crippen LogP contribution in [-0.4, -0.2) is 18.5 Å². The van der Waals surface area contributed by atoms with E-state index in [0.29, 0.717) is 11.5 Å². The van der Waals surface area contributed by atoms with E-state index in [1.54, 1.807) is 18.2 Å². The van der Waals surface area contributed by atoms with Crippen molar-refractivity contribution in [1.29, 1.82) is 0 Å². The first kappa shape index (κ1) is 12.0. The van der Waals surface area contributed by atoms with Crippen LogP contribution >= 0.6 is 0 Å². The van der Waals surface area contributed by atoms with Crippen LogP contribution in [0, 0.1) is 11.7 Å². The normalized spacial score (nSPS) is 23.6. The van der Waals surface area contributed by atoms with E-state index in [-0.39, 0.29) is 24.3 Å².